The number of nitrogens with zero attached hydrogens (tertiary/aromatic N) is 2. The van der Waals surface area contributed by atoms with E-state index in [-0.39, 0.29) is 11.8 Å². The molecule has 142 valence electrons. The molecule has 0 N–H and O–H groups in total. The van der Waals surface area contributed by atoms with Crippen LogP contribution in [0.2, 0.25) is 0 Å². The van der Waals surface area contributed by atoms with Crippen molar-refractivity contribution < 1.29 is 9.59 Å². The number of hydrogen-bond acceptors (Lipinski definition) is 2. The fourth-order valence-electron chi connectivity index (χ4n) is 4.61. The number of hydrogen-bond donors (Lipinski definition) is 0. The Morgan fingerprint density at radius 1 is 1.04 bits per heavy atom. The minimum atomic E-state index is 0.121. The lowest BCUT2D eigenvalue weighted by Crippen LogP contribution is -2.49. The molecule has 2 atom stereocenters. The smallest absolute Gasteiger partial charge is 0.222 e. The molecule has 0 spiro atoms. The van der Waals surface area contributed by atoms with Crippen LogP contribution in [-0.2, 0) is 16.1 Å². The molecule has 4 nitrogen and oxygen atoms in total. The van der Waals surface area contributed by atoms with Gasteiger partial charge in [-0.15, -0.1) is 0 Å². The predicted octanol–water partition coefficient (Wildman–Crippen LogP) is 4.00. The Bertz CT molecular complexity index is 599. The van der Waals surface area contributed by atoms with Gasteiger partial charge in [0.2, 0.25) is 11.8 Å². The fourth-order valence-corrected chi connectivity index (χ4v) is 4.61. The van der Waals surface area contributed by atoms with Crippen molar-refractivity contribution in [2.45, 2.75) is 70.4 Å². The first-order valence-corrected chi connectivity index (χ1v) is 10.2. The number of piperidine rings is 1. The van der Waals surface area contributed by atoms with Gasteiger partial charge in [-0.05, 0) is 43.6 Å². The van der Waals surface area contributed by atoms with Crippen LogP contribution in [0, 0.1) is 5.92 Å². The second-order valence-corrected chi connectivity index (χ2v) is 7.93. The lowest BCUT2D eigenvalue weighted by molar-refractivity contribution is -0.138. The molecule has 1 heterocycles. The average molecular weight is 357 g/mol. The summed E-state index contributed by atoms with van der Waals surface area (Å²) in [5.41, 5.74) is 1.14. The monoisotopic (exact) mass is 356 g/mol. The van der Waals surface area contributed by atoms with Crippen LogP contribution in [-0.4, -0.2) is 41.2 Å². The van der Waals surface area contributed by atoms with E-state index in [2.05, 4.69) is 4.90 Å². The molecule has 26 heavy (non-hydrogen) atoms. The van der Waals surface area contributed by atoms with Crippen LogP contribution in [0.3, 0.4) is 0 Å². The van der Waals surface area contributed by atoms with Gasteiger partial charge in [-0.3, -0.25) is 9.59 Å². The van der Waals surface area contributed by atoms with E-state index in [9.17, 15) is 9.59 Å². The minimum absolute atomic E-state index is 0.121. The third-order valence-corrected chi connectivity index (χ3v) is 6.03. The molecule has 2 aliphatic rings. The summed E-state index contributed by atoms with van der Waals surface area (Å²) in [5, 5.41) is 0. The molecule has 1 aliphatic heterocycles. The molecule has 0 radical (unpaired) electrons. The summed E-state index contributed by atoms with van der Waals surface area (Å²) < 4.78 is 0. The average Bonchev–Trinajstić information content (AvgIpc) is 2.68. The minimum Gasteiger partial charge on any atom is -0.341 e. The molecule has 1 saturated heterocycles. The van der Waals surface area contributed by atoms with Gasteiger partial charge in [0.1, 0.15) is 0 Å². The van der Waals surface area contributed by atoms with Crippen LogP contribution >= 0.6 is 0 Å². The van der Waals surface area contributed by atoms with Crippen LogP contribution < -0.4 is 0 Å². The number of benzene rings is 1. The van der Waals surface area contributed by atoms with E-state index in [1.165, 1.54) is 32.1 Å². The van der Waals surface area contributed by atoms with E-state index < -0.39 is 0 Å². The maximum absolute atomic E-state index is 12.7. The number of likely N-dealkylation sites (tertiary alicyclic amines) is 1. The molecule has 4 heteroatoms. The normalized spacial score (nSPS) is 22.6. The highest BCUT2D eigenvalue weighted by molar-refractivity contribution is 5.79. The molecule has 3 rings (SSSR count). The first kappa shape index (κ1) is 18.9. The Morgan fingerprint density at radius 3 is 2.58 bits per heavy atom. The second kappa shape index (κ2) is 9.20. The maximum Gasteiger partial charge on any atom is 0.222 e. The molecular formula is C22H32N2O2. The topological polar surface area (TPSA) is 40.6 Å². The summed E-state index contributed by atoms with van der Waals surface area (Å²) in [6.07, 6.45) is 9.10. The maximum atomic E-state index is 12.7. The standard InChI is InChI=1S/C22H32N2O2/c1-23(17-18-9-3-2-4-10-18)21(25)14-7-15-22(26)24-16-8-12-19-11-5-6-13-20(19)24/h2-4,9-10,19-20H,5-8,11-17H2,1H3. The zero-order chi connectivity index (χ0) is 18.4. The van der Waals surface area contributed by atoms with Gasteiger partial charge in [0.25, 0.3) is 0 Å². The van der Waals surface area contributed by atoms with Crippen molar-refractivity contribution in [2.75, 3.05) is 13.6 Å². The number of amides is 2. The number of carbonyl (C=O) groups is 2. The van der Waals surface area contributed by atoms with E-state index in [0.29, 0.717) is 31.8 Å². The largest absolute Gasteiger partial charge is 0.341 e. The van der Waals surface area contributed by atoms with E-state index in [1.54, 1.807) is 4.90 Å². The van der Waals surface area contributed by atoms with Crippen LogP contribution in [0.4, 0.5) is 0 Å². The molecule has 2 amide bonds. The van der Waals surface area contributed by atoms with Gasteiger partial charge in [0.15, 0.2) is 0 Å². The number of carbonyl (C=O) groups excluding carboxylic acids is 2. The van der Waals surface area contributed by atoms with Crippen molar-refractivity contribution in [3.63, 3.8) is 0 Å². The lowest BCUT2D eigenvalue weighted by Gasteiger charge is -2.44. The highest BCUT2D eigenvalue weighted by Gasteiger charge is 2.35. The second-order valence-electron chi connectivity index (χ2n) is 7.93. The van der Waals surface area contributed by atoms with E-state index in [0.717, 1.165) is 24.4 Å². The first-order valence-electron chi connectivity index (χ1n) is 10.2. The van der Waals surface area contributed by atoms with Gasteiger partial charge < -0.3 is 9.80 Å². The van der Waals surface area contributed by atoms with Crippen molar-refractivity contribution in [1.82, 2.24) is 9.80 Å². The Hall–Kier alpha value is -1.84. The third-order valence-electron chi connectivity index (χ3n) is 6.03. The summed E-state index contributed by atoms with van der Waals surface area (Å²) in [5.74, 6) is 1.11. The molecule has 1 aliphatic carbocycles. The van der Waals surface area contributed by atoms with E-state index in [4.69, 9.17) is 0 Å². The highest BCUT2D eigenvalue weighted by Crippen LogP contribution is 2.35. The van der Waals surface area contributed by atoms with Crippen LogP contribution in [0.1, 0.15) is 63.4 Å². The van der Waals surface area contributed by atoms with E-state index in [1.807, 2.05) is 37.4 Å². The Kier molecular flexibility index (Phi) is 6.70. The highest BCUT2D eigenvalue weighted by atomic mass is 16.2. The van der Waals surface area contributed by atoms with Gasteiger partial charge in [0, 0.05) is 39.0 Å². The molecule has 1 saturated carbocycles. The molecule has 0 aromatic heterocycles. The molecular weight excluding hydrogens is 324 g/mol. The van der Waals surface area contributed by atoms with Crippen LogP contribution in [0.15, 0.2) is 30.3 Å². The summed E-state index contributed by atoms with van der Waals surface area (Å²) in [4.78, 5) is 28.9. The van der Waals surface area contributed by atoms with Gasteiger partial charge in [-0.25, -0.2) is 0 Å². The predicted molar refractivity (Wildman–Crippen MR) is 103 cm³/mol. The lowest BCUT2D eigenvalue weighted by atomic mass is 9.78. The van der Waals surface area contributed by atoms with Gasteiger partial charge in [-0.1, -0.05) is 43.2 Å². The third kappa shape index (κ3) is 4.87. The fraction of sp³-hybridized carbons (Fsp3) is 0.636. The van der Waals surface area contributed by atoms with Crippen LogP contribution in [0.25, 0.3) is 0 Å². The van der Waals surface area contributed by atoms with Crippen molar-refractivity contribution >= 4 is 11.8 Å². The van der Waals surface area contributed by atoms with Crippen molar-refractivity contribution in [2.24, 2.45) is 5.92 Å². The van der Waals surface area contributed by atoms with Crippen molar-refractivity contribution in [3.8, 4) is 0 Å². The number of rotatable bonds is 6. The van der Waals surface area contributed by atoms with Gasteiger partial charge >= 0.3 is 0 Å². The van der Waals surface area contributed by atoms with Gasteiger partial charge in [0.05, 0.1) is 0 Å². The van der Waals surface area contributed by atoms with Gasteiger partial charge in [-0.2, -0.15) is 0 Å². The summed E-state index contributed by atoms with van der Waals surface area (Å²) in [7, 11) is 1.84. The van der Waals surface area contributed by atoms with E-state index >= 15 is 0 Å². The number of fused-ring (bicyclic) bond motifs is 1. The van der Waals surface area contributed by atoms with Crippen molar-refractivity contribution in [3.05, 3.63) is 35.9 Å². The zero-order valence-electron chi connectivity index (χ0n) is 16.0. The first-order chi connectivity index (χ1) is 12.6. The molecule has 0 bridgehead atoms. The molecule has 1 aromatic carbocycles. The summed E-state index contributed by atoms with van der Waals surface area (Å²) >= 11 is 0. The van der Waals surface area contributed by atoms with Crippen LogP contribution in [0.5, 0.6) is 0 Å². The molecule has 1 aromatic rings. The Labute approximate surface area is 157 Å². The molecule has 2 fully saturated rings. The van der Waals surface area contributed by atoms with Crippen molar-refractivity contribution in [1.29, 1.82) is 0 Å². The molecule has 2 unspecified atom stereocenters. The zero-order valence-corrected chi connectivity index (χ0v) is 16.0. The summed E-state index contributed by atoms with van der Waals surface area (Å²) in [6.45, 7) is 1.55. The Balaban J connectivity index is 1.42. The summed E-state index contributed by atoms with van der Waals surface area (Å²) in [6, 6.07) is 10.5. The SMILES string of the molecule is CN(Cc1ccccc1)C(=O)CCCC(=O)N1CCCC2CCCCC21. The quantitative estimate of drug-likeness (QED) is 0.773. The Morgan fingerprint density at radius 2 is 1.77 bits per heavy atom.